The highest BCUT2D eigenvalue weighted by Crippen LogP contribution is 2.31. The number of rotatable bonds is 1. The molecule has 0 radical (unpaired) electrons. The number of aryl methyl sites for hydroxylation is 1. The van der Waals surface area contributed by atoms with Crippen molar-refractivity contribution in [2.75, 3.05) is 7.11 Å². The van der Waals surface area contributed by atoms with Crippen LogP contribution in [0, 0.1) is 0 Å². The minimum absolute atomic E-state index is 0.369. The average Bonchev–Trinajstić information content (AvgIpc) is 2.84. The molecular formula is C14H14N2O3. The summed E-state index contributed by atoms with van der Waals surface area (Å²) in [5.74, 6) is -0.369. The molecular weight excluding hydrogens is 244 g/mol. The van der Waals surface area contributed by atoms with Crippen LogP contribution in [0.3, 0.4) is 0 Å². The van der Waals surface area contributed by atoms with Gasteiger partial charge in [-0.25, -0.2) is 4.79 Å². The zero-order valence-corrected chi connectivity index (χ0v) is 10.6. The highest BCUT2D eigenvalue weighted by molar-refractivity contribution is 6.15. The second kappa shape index (κ2) is 4.42. The van der Waals surface area contributed by atoms with E-state index in [0.29, 0.717) is 11.3 Å². The van der Waals surface area contributed by atoms with Crippen LogP contribution in [0.1, 0.15) is 34.5 Å². The van der Waals surface area contributed by atoms with E-state index in [1.807, 2.05) is 12.1 Å². The van der Waals surface area contributed by atoms with E-state index >= 15 is 0 Å². The first-order chi connectivity index (χ1) is 9.26. The van der Waals surface area contributed by atoms with Crippen LogP contribution in [-0.2, 0) is 11.2 Å². The molecule has 1 aliphatic rings. The van der Waals surface area contributed by atoms with Crippen molar-refractivity contribution in [3.8, 4) is 0 Å². The van der Waals surface area contributed by atoms with Gasteiger partial charge in [0.05, 0.1) is 23.9 Å². The lowest BCUT2D eigenvalue weighted by Gasteiger charge is -2.12. The minimum atomic E-state index is -0.369. The largest absolute Gasteiger partial charge is 0.465 e. The minimum Gasteiger partial charge on any atom is -0.465 e. The molecule has 0 fully saturated rings. The summed E-state index contributed by atoms with van der Waals surface area (Å²) < 4.78 is 4.79. The molecule has 0 atom stereocenters. The normalized spacial score (nSPS) is 16.6. The SMILES string of the molecule is COC(=O)c1cccc2c3c([nH]c12)CCC/C3=N\O. The maximum atomic E-state index is 11.8. The first kappa shape index (κ1) is 11.8. The van der Waals surface area contributed by atoms with Crippen LogP contribution in [-0.4, -0.2) is 29.0 Å². The monoisotopic (exact) mass is 258 g/mol. The Hall–Kier alpha value is -2.30. The molecule has 3 rings (SSSR count). The Morgan fingerprint density at radius 1 is 1.42 bits per heavy atom. The number of carbonyl (C=O) groups is 1. The summed E-state index contributed by atoms with van der Waals surface area (Å²) in [6.07, 6.45) is 2.58. The van der Waals surface area contributed by atoms with Crippen molar-refractivity contribution in [1.29, 1.82) is 0 Å². The maximum Gasteiger partial charge on any atom is 0.339 e. The van der Waals surface area contributed by atoms with Gasteiger partial charge in [-0.1, -0.05) is 17.3 Å². The number of fused-ring (bicyclic) bond motifs is 3. The third-order valence-corrected chi connectivity index (χ3v) is 3.57. The molecule has 0 saturated heterocycles. The van der Waals surface area contributed by atoms with Gasteiger partial charge < -0.3 is 14.9 Å². The van der Waals surface area contributed by atoms with Crippen LogP contribution >= 0.6 is 0 Å². The van der Waals surface area contributed by atoms with Crippen LogP contribution in [0.25, 0.3) is 10.9 Å². The van der Waals surface area contributed by atoms with Gasteiger partial charge in [0.15, 0.2) is 0 Å². The van der Waals surface area contributed by atoms with Crippen molar-refractivity contribution in [3.05, 3.63) is 35.0 Å². The number of methoxy groups -OCH3 is 1. The predicted octanol–water partition coefficient (Wildman–Crippen LogP) is 2.47. The molecule has 0 unspecified atom stereocenters. The van der Waals surface area contributed by atoms with Gasteiger partial charge in [0.1, 0.15) is 0 Å². The van der Waals surface area contributed by atoms with E-state index in [1.165, 1.54) is 7.11 Å². The number of nitrogens with zero attached hydrogens (tertiary/aromatic N) is 1. The number of aromatic amines is 1. The fourth-order valence-electron chi connectivity index (χ4n) is 2.73. The van der Waals surface area contributed by atoms with E-state index in [2.05, 4.69) is 10.1 Å². The fourth-order valence-corrected chi connectivity index (χ4v) is 2.73. The molecule has 0 saturated carbocycles. The van der Waals surface area contributed by atoms with E-state index < -0.39 is 0 Å². The number of H-pyrrole nitrogens is 1. The van der Waals surface area contributed by atoms with Gasteiger partial charge in [0, 0.05) is 16.6 Å². The summed E-state index contributed by atoms with van der Waals surface area (Å²) in [5.41, 5.74) is 3.88. The van der Waals surface area contributed by atoms with Gasteiger partial charge in [-0.05, 0) is 25.3 Å². The number of hydrogen-bond acceptors (Lipinski definition) is 4. The number of benzene rings is 1. The molecule has 2 N–H and O–H groups in total. The number of hydrogen-bond donors (Lipinski definition) is 2. The van der Waals surface area contributed by atoms with Gasteiger partial charge in [0.25, 0.3) is 0 Å². The molecule has 1 aromatic carbocycles. The van der Waals surface area contributed by atoms with E-state index in [0.717, 1.165) is 41.4 Å². The van der Waals surface area contributed by atoms with Crippen molar-refractivity contribution < 1.29 is 14.7 Å². The highest BCUT2D eigenvalue weighted by Gasteiger charge is 2.23. The Kier molecular flexibility index (Phi) is 2.74. The number of aromatic nitrogens is 1. The molecule has 19 heavy (non-hydrogen) atoms. The van der Waals surface area contributed by atoms with E-state index in [9.17, 15) is 4.79 Å². The standard InChI is InChI=1S/C14H14N2O3/c1-19-14(17)9-5-2-4-8-12-10(15-13(8)9)6-3-7-11(12)16-18/h2,4-5,15,18H,3,6-7H2,1H3/b16-11+. The topological polar surface area (TPSA) is 74.7 Å². The summed E-state index contributed by atoms with van der Waals surface area (Å²) in [7, 11) is 1.37. The smallest absolute Gasteiger partial charge is 0.339 e. The Bertz CT molecular complexity index is 685. The third kappa shape index (κ3) is 1.69. The Labute approximate surface area is 109 Å². The van der Waals surface area contributed by atoms with Crippen molar-refractivity contribution in [2.24, 2.45) is 5.16 Å². The van der Waals surface area contributed by atoms with Crippen LogP contribution in [0.4, 0.5) is 0 Å². The molecule has 2 aromatic rings. The third-order valence-electron chi connectivity index (χ3n) is 3.57. The number of nitrogens with one attached hydrogen (secondary N) is 1. The van der Waals surface area contributed by atoms with E-state index in [-0.39, 0.29) is 5.97 Å². The van der Waals surface area contributed by atoms with E-state index in [1.54, 1.807) is 6.07 Å². The molecule has 1 aromatic heterocycles. The molecule has 98 valence electrons. The van der Waals surface area contributed by atoms with Gasteiger partial charge in [0.2, 0.25) is 0 Å². The van der Waals surface area contributed by atoms with Crippen molar-refractivity contribution in [2.45, 2.75) is 19.3 Å². The molecule has 1 heterocycles. The Morgan fingerprint density at radius 2 is 2.26 bits per heavy atom. The highest BCUT2D eigenvalue weighted by atomic mass is 16.5. The van der Waals surface area contributed by atoms with E-state index in [4.69, 9.17) is 9.94 Å². The second-order valence-corrected chi connectivity index (χ2v) is 4.60. The van der Waals surface area contributed by atoms with Gasteiger partial charge in [-0.3, -0.25) is 0 Å². The zero-order valence-electron chi connectivity index (χ0n) is 10.6. The Balaban J connectivity index is 2.31. The summed E-state index contributed by atoms with van der Waals surface area (Å²) in [6.45, 7) is 0. The maximum absolute atomic E-state index is 11.8. The van der Waals surface area contributed by atoms with Crippen molar-refractivity contribution in [3.63, 3.8) is 0 Å². The average molecular weight is 258 g/mol. The second-order valence-electron chi connectivity index (χ2n) is 4.60. The number of oxime groups is 1. The fraction of sp³-hybridized carbons (Fsp3) is 0.286. The first-order valence-electron chi connectivity index (χ1n) is 6.19. The lowest BCUT2D eigenvalue weighted by molar-refractivity contribution is 0.0603. The molecule has 0 spiro atoms. The first-order valence-corrected chi connectivity index (χ1v) is 6.19. The molecule has 1 aliphatic carbocycles. The summed E-state index contributed by atoms with van der Waals surface area (Å²) in [6, 6.07) is 5.46. The molecule has 5 heteroatoms. The molecule has 0 bridgehead atoms. The van der Waals surface area contributed by atoms with Gasteiger partial charge >= 0.3 is 5.97 Å². The molecule has 0 amide bonds. The number of para-hydroxylation sites is 1. The van der Waals surface area contributed by atoms with Gasteiger partial charge in [-0.15, -0.1) is 0 Å². The predicted molar refractivity (Wildman–Crippen MR) is 70.9 cm³/mol. The quantitative estimate of drug-likeness (QED) is 0.468. The summed E-state index contributed by atoms with van der Waals surface area (Å²) in [5, 5.41) is 13.4. The summed E-state index contributed by atoms with van der Waals surface area (Å²) >= 11 is 0. The van der Waals surface area contributed by atoms with Crippen molar-refractivity contribution >= 4 is 22.6 Å². The summed E-state index contributed by atoms with van der Waals surface area (Å²) in [4.78, 5) is 15.0. The van der Waals surface area contributed by atoms with Crippen molar-refractivity contribution in [1.82, 2.24) is 4.98 Å². The van der Waals surface area contributed by atoms with Gasteiger partial charge in [-0.2, -0.15) is 0 Å². The molecule has 0 aliphatic heterocycles. The van der Waals surface area contributed by atoms with Crippen LogP contribution in [0.5, 0.6) is 0 Å². The van der Waals surface area contributed by atoms with Crippen LogP contribution < -0.4 is 0 Å². The lowest BCUT2D eigenvalue weighted by Crippen LogP contribution is -2.10. The number of ether oxygens (including phenoxy) is 1. The zero-order chi connectivity index (χ0) is 13.4. The lowest BCUT2D eigenvalue weighted by atomic mass is 9.93. The van der Waals surface area contributed by atoms with Crippen LogP contribution in [0.15, 0.2) is 23.4 Å². The number of carbonyl (C=O) groups excluding carboxylic acids is 1. The number of esters is 1. The molecule has 5 nitrogen and oxygen atoms in total. The van der Waals surface area contributed by atoms with Crippen LogP contribution in [0.2, 0.25) is 0 Å². The Morgan fingerprint density at radius 3 is 3.00 bits per heavy atom.